The number of hydrogen-bond acceptors (Lipinski definition) is 2. The Morgan fingerprint density at radius 1 is 1.40 bits per heavy atom. The lowest BCUT2D eigenvalue weighted by molar-refractivity contribution is 0.496. The maximum atomic E-state index is 4.53. The zero-order chi connectivity index (χ0) is 10.6. The van der Waals surface area contributed by atoms with Gasteiger partial charge in [-0.25, -0.2) is 9.50 Å². The van der Waals surface area contributed by atoms with Crippen LogP contribution in [0.3, 0.4) is 0 Å². The predicted octanol–water partition coefficient (Wildman–Crippen LogP) is 2.26. The van der Waals surface area contributed by atoms with Crippen LogP contribution in [0.15, 0.2) is 12.3 Å². The smallest absolute Gasteiger partial charge is 0.155 e. The van der Waals surface area contributed by atoms with Gasteiger partial charge in [0.25, 0.3) is 0 Å². The highest BCUT2D eigenvalue weighted by molar-refractivity contribution is 5.45. The molecule has 0 amide bonds. The van der Waals surface area contributed by atoms with E-state index in [-0.39, 0.29) is 5.41 Å². The second-order valence-corrected chi connectivity index (χ2v) is 5.07. The molecule has 0 fully saturated rings. The van der Waals surface area contributed by atoms with Gasteiger partial charge in [-0.3, -0.25) is 0 Å². The summed E-state index contributed by atoms with van der Waals surface area (Å²) in [5, 5.41) is 4.53. The molecule has 2 aromatic heterocycles. The second kappa shape index (κ2) is 2.60. The summed E-state index contributed by atoms with van der Waals surface area (Å²) in [6.45, 7) is 6.59. The molecule has 0 saturated carbocycles. The van der Waals surface area contributed by atoms with Gasteiger partial charge in [0.15, 0.2) is 5.65 Å². The number of fused-ring (bicyclic) bond motifs is 3. The molecule has 3 heteroatoms. The Balaban J connectivity index is 2.42. The third-order valence-corrected chi connectivity index (χ3v) is 3.34. The van der Waals surface area contributed by atoms with Crippen molar-refractivity contribution in [2.45, 2.75) is 39.0 Å². The highest BCUT2D eigenvalue weighted by atomic mass is 15.3. The molecule has 0 N–H and O–H groups in total. The molecule has 1 aliphatic carbocycles. The molecule has 0 unspecified atom stereocenters. The van der Waals surface area contributed by atoms with E-state index in [1.54, 1.807) is 0 Å². The summed E-state index contributed by atoms with van der Waals surface area (Å²) < 4.78 is 2.03. The van der Waals surface area contributed by atoms with Crippen LogP contribution < -0.4 is 0 Å². The normalized spacial score (nSPS) is 18.3. The molecule has 3 nitrogen and oxygen atoms in total. The van der Waals surface area contributed by atoms with Crippen molar-refractivity contribution < 1.29 is 0 Å². The van der Waals surface area contributed by atoms with Crippen molar-refractivity contribution in [3.8, 4) is 0 Å². The van der Waals surface area contributed by atoms with Crippen LogP contribution >= 0.6 is 0 Å². The van der Waals surface area contributed by atoms with E-state index in [9.17, 15) is 0 Å². The molecule has 0 aromatic carbocycles. The number of hydrogen-bond donors (Lipinski definition) is 0. The molecular formula is C12H15N3. The Morgan fingerprint density at radius 3 is 3.00 bits per heavy atom. The van der Waals surface area contributed by atoms with Gasteiger partial charge in [-0.15, -0.1) is 0 Å². The van der Waals surface area contributed by atoms with Gasteiger partial charge in [0.1, 0.15) is 0 Å². The topological polar surface area (TPSA) is 30.2 Å². The van der Waals surface area contributed by atoms with E-state index in [0.29, 0.717) is 0 Å². The first-order chi connectivity index (χ1) is 7.08. The fraction of sp³-hybridized carbons (Fsp3) is 0.500. The van der Waals surface area contributed by atoms with Crippen molar-refractivity contribution in [1.82, 2.24) is 14.6 Å². The Labute approximate surface area is 89.1 Å². The van der Waals surface area contributed by atoms with Crippen molar-refractivity contribution >= 4 is 5.65 Å². The fourth-order valence-corrected chi connectivity index (χ4v) is 2.55. The van der Waals surface area contributed by atoms with Crippen LogP contribution in [0, 0.1) is 6.92 Å². The highest BCUT2D eigenvalue weighted by Gasteiger charge is 2.33. The fourth-order valence-electron chi connectivity index (χ4n) is 2.55. The SMILES string of the molecule is Cc1cc2ncc3c(n2n1)C(C)(C)CC3. The molecule has 0 saturated heterocycles. The van der Waals surface area contributed by atoms with Crippen LogP contribution in [0.4, 0.5) is 0 Å². The minimum atomic E-state index is 0.231. The van der Waals surface area contributed by atoms with Crippen LogP contribution in [-0.4, -0.2) is 14.6 Å². The number of nitrogens with zero attached hydrogens (tertiary/aromatic N) is 3. The maximum Gasteiger partial charge on any atom is 0.155 e. The van der Waals surface area contributed by atoms with Gasteiger partial charge in [0.2, 0.25) is 0 Å². The third kappa shape index (κ3) is 1.12. The standard InChI is InChI=1S/C12H15N3/c1-8-6-10-13-7-9-4-5-12(2,3)11(9)15(10)14-8/h6-7H,4-5H2,1-3H3. The Hall–Kier alpha value is -1.38. The Bertz CT molecular complexity index is 537. The molecular weight excluding hydrogens is 186 g/mol. The minimum Gasteiger partial charge on any atom is -0.237 e. The van der Waals surface area contributed by atoms with E-state index >= 15 is 0 Å². The summed E-state index contributed by atoms with van der Waals surface area (Å²) in [7, 11) is 0. The summed E-state index contributed by atoms with van der Waals surface area (Å²) in [6.07, 6.45) is 4.34. The molecule has 2 heterocycles. The molecule has 0 atom stereocenters. The maximum absolute atomic E-state index is 4.53. The number of rotatable bonds is 0. The Kier molecular flexibility index (Phi) is 1.54. The van der Waals surface area contributed by atoms with Gasteiger partial charge in [-0.05, 0) is 25.3 Å². The van der Waals surface area contributed by atoms with Crippen LogP contribution in [0.1, 0.15) is 37.2 Å². The summed E-state index contributed by atoms with van der Waals surface area (Å²) >= 11 is 0. The van der Waals surface area contributed by atoms with Crippen molar-refractivity contribution in [3.63, 3.8) is 0 Å². The van der Waals surface area contributed by atoms with Gasteiger partial charge >= 0.3 is 0 Å². The Morgan fingerprint density at radius 2 is 2.20 bits per heavy atom. The minimum absolute atomic E-state index is 0.231. The van der Waals surface area contributed by atoms with Gasteiger partial charge in [0.05, 0.1) is 11.4 Å². The molecule has 15 heavy (non-hydrogen) atoms. The van der Waals surface area contributed by atoms with E-state index in [2.05, 4.69) is 23.9 Å². The molecule has 0 bridgehead atoms. The zero-order valence-corrected chi connectivity index (χ0v) is 9.41. The molecule has 2 aromatic rings. The lowest BCUT2D eigenvalue weighted by Crippen LogP contribution is -2.17. The average molecular weight is 201 g/mol. The van der Waals surface area contributed by atoms with E-state index in [4.69, 9.17) is 0 Å². The molecule has 0 radical (unpaired) electrons. The number of aryl methyl sites for hydroxylation is 2. The van der Waals surface area contributed by atoms with Crippen LogP contribution in [0.25, 0.3) is 5.65 Å². The highest BCUT2D eigenvalue weighted by Crippen LogP contribution is 2.37. The van der Waals surface area contributed by atoms with Gasteiger partial charge in [0, 0.05) is 17.7 Å². The largest absolute Gasteiger partial charge is 0.237 e. The summed E-state index contributed by atoms with van der Waals surface area (Å²) in [5.74, 6) is 0. The average Bonchev–Trinajstić information content (AvgIpc) is 2.65. The first kappa shape index (κ1) is 8.89. The van der Waals surface area contributed by atoms with Crippen molar-refractivity contribution in [3.05, 3.63) is 29.2 Å². The van der Waals surface area contributed by atoms with Crippen molar-refractivity contribution in [2.75, 3.05) is 0 Å². The summed E-state index contributed by atoms with van der Waals surface area (Å²) in [4.78, 5) is 4.44. The van der Waals surface area contributed by atoms with Gasteiger partial charge < -0.3 is 0 Å². The quantitative estimate of drug-likeness (QED) is 0.654. The third-order valence-electron chi connectivity index (χ3n) is 3.34. The molecule has 78 valence electrons. The molecule has 0 spiro atoms. The lowest BCUT2D eigenvalue weighted by Gasteiger charge is -2.19. The first-order valence-electron chi connectivity index (χ1n) is 5.43. The summed E-state index contributed by atoms with van der Waals surface area (Å²) in [5.41, 5.74) is 4.95. The van der Waals surface area contributed by atoms with Gasteiger partial charge in [-0.2, -0.15) is 5.10 Å². The lowest BCUT2D eigenvalue weighted by atomic mass is 9.91. The van der Waals surface area contributed by atoms with E-state index < -0.39 is 0 Å². The van der Waals surface area contributed by atoms with Crippen LogP contribution in [0.5, 0.6) is 0 Å². The molecule has 0 aliphatic heterocycles. The predicted molar refractivity (Wildman–Crippen MR) is 59.1 cm³/mol. The summed E-state index contributed by atoms with van der Waals surface area (Å²) in [6, 6.07) is 2.04. The van der Waals surface area contributed by atoms with Crippen molar-refractivity contribution in [1.29, 1.82) is 0 Å². The van der Waals surface area contributed by atoms with Gasteiger partial charge in [-0.1, -0.05) is 13.8 Å². The van der Waals surface area contributed by atoms with E-state index in [1.165, 1.54) is 17.7 Å². The van der Waals surface area contributed by atoms with Crippen LogP contribution in [0.2, 0.25) is 0 Å². The second-order valence-electron chi connectivity index (χ2n) is 5.07. The van der Waals surface area contributed by atoms with Crippen LogP contribution in [-0.2, 0) is 11.8 Å². The van der Waals surface area contributed by atoms with E-state index in [1.807, 2.05) is 23.7 Å². The number of aromatic nitrogens is 3. The van der Waals surface area contributed by atoms with E-state index in [0.717, 1.165) is 17.8 Å². The monoisotopic (exact) mass is 201 g/mol. The molecule has 3 rings (SSSR count). The first-order valence-corrected chi connectivity index (χ1v) is 5.43. The van der Waals surface area contributed by atoms with Crippen molar-refractivity contribution in [2.24, 2.45) is 0 Å². The zero-order valence-electron chi connectivity index (χ0n) is 9.41. The molecule has 1 aliphatic rings.